The van der Waals surface area contributed by atoms with Gasteiger partial charge in [0.2, 0.25) is 5.91 Å². The maximum atomic E-state index is 12.9. The fourth-order valence-corrected chi connectivity index (χ4v) is 3.95. The molecule has 1 saturated carbocycles. The number of hydrazone groups is 1. The monoisotopic (exact) mass is 388 g/mol. The van der Waals surface area contributed by atoms with Gasteiger partial charge in [-0.25, -0.2) is 5.43 Å². The SMILES string of the molecule is C/C(=N\NC(=O)C1CC1(c1ccccc1)c1ccccc1)c1ccc(Cl)cc1. The van der Waals surface area contributed by atoms with E-state index in [0.717, 1.165) is 17.7 Å². The summed E-state index contributed by atoms with van der Waals surface area (Å²) in [4.78, 5) is 12.9. The summed E-state index contributed by atoms with van der Waals surface area (Å²) in [5, 5.41) is 4.99. The zero-order valence-corrected chi connectivity index (χ0v) is 16.4. The van der Waals surface area contributed by atoms with E-state index in [-0.39, 0.29) is 17.2 Å². The summed E-state index contributed by atoms with van der Waals surface area (Å²) in [6, 6.07) is 27.9. The van der Waals surface area contributed by atoms with Crippen LogP contribution in [0.2, 0.25) is 5.02 Å². The largest absolute Gasteiger partial charge is 0.273 e. The Balaban J connectivity index is 1.56. The number of amides is 1. The molecule has 1 unspecified atom stereocenters. The number of nitrogens with one attached hydrogen (secondary N) is 1. The van der Waals surface area contributed by atoms with Crippen LogP contribution in [0.25, 0.3) is 0 Å². The molecule has 140 valence electrons. The summed E-state index contributed by atoms with van der Waals surface area (Å²) in [6.45, 7) is 1.87. The average molecular weight is 389 g/mol. The van der Waals surface area contributed by atoms with Gasteiger partial charge in [0.15, 0.2) is 0 Å². The Bertz CT molecular complexity index is 958. The van der Waals surface area contributed by atoms with Gasteiger partial charge < -0.3 is 0 Å². The molecule has 1 atom stereocenters. The van der Waals surface area contributed by atoms with Gasteiger partial charge in [-0.1, -0.05) is 84.4 Å². The summed E-state index contributed by atoms with van der Waals surface area (Å²) >= 11 is 5.93. The van der Waals surface area contributed by atoms with E-state index in [0.29, 0.717) is 5.02 Å². The summed E-state index contributed by atoms with van der Waals surface area (Å²) < 4.78 is 0. The molecular weight excluding hydrogens is 368 g/mol. The molecule has 4 heteroatoms. The van der Waals surface area contributed by atoms with Gasteiger partial charge in [0.1, 0.15) is 0 Å². The minimum Gasteiger partial charge on any atom is -0.273 e. The summed E-state index contributed by atoms with van der Waals surface area (Å²) in [5.41, 5.74) is 6.49. The van der Waals surface area contributed by atoms with Gasteiger partial charge in [0.05, 0.1) is 11.6 Å². The molecule has 0 bridgehead atoms. The highest BCUT2D eigenvalue weighted by Gasteiger charge is 2.60. The summed E-state index contributed by atoms with van der Waals surface area (Å²) in [6.07, 6.45) is 0.780. The molecule has 3 aromatic rings. The Morgan fingerprint density at radius 2 is 1.46 bits per heavy atom. The van der Waals surface area contributed by atoms with Crippen LogP contribution in [0, 0.1) is 5.92 Å². The second-order valence-electron chi connectivity index (χ2n) is 7.14. The molecular formula is C24H21ClN2O. The number of rotatable bonds is 5. The third kappa shape index (κ3) is 3.46. The number of benzene rings is 3. The Kier molecular flexibility index (Phi) is 5.01. The highest BCUT2D eigenvalue weighted by Crippen LogP contribution is 2.58. The van der Waals surface area contributed by atoms with E-state index >= 15 is 0 Å². The quantitative estimate of drug-likeness (QED) is 0.474. The second kappa shape index (κ2) is 7.61. The first-order valence-electron chi connectivity index (χ1n) is 9.32. The zero-order chi connectivity index (χ0) is 19.6. The van der Waals surface area contributed by atoms with Crippen molar-refractivity contribution in [3.8, 4) is 0 Å². The zero-order valence-electron chi connectivity index (χ0n) is 15.6. The molecule has 3 nitrogen and oxygen atoms in total. The third-order valence-corrected chi connectivity index (χ3v) is 5.70. The van der Waals surface area contributed by atoms with E-state index in [1.165, 1.54) is 11.1 Å². The molecule has 4 rings (SSSR count). The van der Waals surface area contributed by atoms with Crippen LogP contribution in [-0.4, -0.2) is 11.6 Å². The van der Waals surface area contributed by atoms with Crippen molar-refractivity contribution in [3.63, 3.8) is 0 Å². The van der Waals surface area contributed by atoms with Crippen molar-refractivity contribution < 1.29 is 4.79 Å². The van der Waals surface area contributed by atoms with Crippen LogP contribution in [0.1, 0.15) is 30.0 Å². The van der Waals surface area contributed by atoms with Crippen LogP contribution in [0.3, 0.4) is 0 Å². The van der Waals surface area contributed by atoms with E-state index < -0.39 is 0 Å². The number of carbonyl (C=O) groups excluding carboxylic acids is 1. The minimum absolute atomic E-state index is 0.0546. The lowest BCUT2D eigenvalue weighted by Gasteiger charge is -2.18. The lowest BCUT2D eigenvalue weighted by atomic mass is 9.85. The van der Waals surface area contributed by atoms with Gasteiger partial charge in [-0.05, 0) is 42.2 Å². The summed E-state index contributed by atoms with van der Waals surface area (Å²) in [7, 11) is 0. The number of carbonyl (C=O) groups is 1. The van der Waals surface area contributed by atoms with Crippen molar-refractivity contribution in [2.75, 3.05) is 0 Å². The molecule has 0 aliphatic heterocycles. The molecule has 1 aliphatic carbocycles. The molecule has 0 radical (unpaired) electrons. The van der Waals surface area contributed by atoms with E-state index in [4.69, 9.17) is 11.6 Å². The number of nitrogens with zero attached hydrogens (tertiary/aromatic N) is 1. The van der Waals surface area contributed by atoms with E-state index in [2.05, 4.69) is 34.8 Å². The lowest BCUT2D eigenvalue weighted by molar-refractivity contribution is -0.122. The van der Waals surface area contributed by atoms with Gasteiger partial charge in [0.25, 0.3) is 0 Å². The van der Waals surface area contributed by atoms with E-state index in [1.54, 1.807) is 0 Å². The predicted molar refractivity (Wildman–Crippen MR) is 114 cm³/mol. The van der Waals surface area contributed by atoms with Gasteiger partial charge in [-0.3, -0.25) is 4.79 Å². The molecule has 0 aromatic heterocycles. The first kappa shape index (κ1) is 18.5. The molecule has 1 amide bonds. The van der Waals surface area contributed by atoms with Crippen LogP contribution < -0.4 is 5.43 Å². The predicted octanol–water partition coefficient (Wildman–Crippen LogP) is 5.19. The van der Waals surface area contributed by atoms with E-state index in [9.17, 15) is 4.79 Å². The molecule has 1 fully saturated rings. The van der Waals surface area contributed by atoms with Gasteiger partial charge in [0, 0.05) is 10.4 Å². The maximum Gasteiger partial charge on any atom is 0.244 e. The van der Waals surface area contributed by atoms with Gasteiger partial charge in [-0.15, -0.1) is 0 Å². The highest BCUT2D eigenvalue weighted by atomic mass is 35.5. The van der Waals surface area contributed by atoms with Crippen LogP contribution in [-0.2, 0) is 10.2 Å². The van der Waals surface area contributed by atoms with E-state index in [1.807, 2.05) is 67.6 Å². The van der Waals surface area contributed by atoms with Crippen molar-refractivity contribution in [2.24, 2.45) is 11.0 Å². The summed E-state index contributed by atoms with van der Waals surface area (Å²) in [5.74, 6) is -0.194. The Morgan fingerprint density at radius 3 is 2.00 bits per heavy atom. The highest BCUT2D eigenvalue weighted by molar-refractivity contribution is 6.30. The van der Waals surface area contributed by atoms with Crippen LogP contribution >= 0.6 is 11.6 Å². The van der Waals surface area contributed by atoms with Crippen molar-refractivity contribution in [3.05, 3.63) is 107 Å². The fraction of sp³-hybridized carbons (Fsp3) is 0.167. The lowest BCUT2D eigenvalue weighted by Crippen LogP contribution is -2.26. The fourth-order valence-electron chi connectivity index (χ4n) is 3.83. The minimum atomic E-state index is -0.281. The normalized spacial score (nSPS) is 17.8. The Hall–Kier alpha value is -2.91. The van der Waals surface area contributed by atoms with Crippen LogP contribution in [0.15, 0.2) is 90.0 Å². The number of hydrogen-bond acceptors (Lipinski definition) is 2. The van der Waals surface area contributed by atoms with Crippen molar-refractivity contribution in [2.45, 2.75) is 18.8 Å². The smallest absolute Gasteiger partial charge is 0.244 e. The molecule has 0 heterocycles. The van der Waals surface area contributed by atoms with Crippen molar-refractivity contribution >= 4 is 23.2 Å². The molecule has 1 aliphatic rings. The molecule has 0 spiro atoms. The maximum absolute atomic E-state index is 12.9. The Labute approximate surface area is 170 Å². The third-order valence-electron chi connectivity index (χ3n) is 5.45. The molecule has 1 N–H and O–H groups in total. The van der Waals surface area contributed by atoms with Crippen molar-refractivity contribution in [1.82, 2.24) is 5.43 Å². The second-order valence-corrected chi connectivity index (χ2v) is 7.58. The standard InChI is InChI=1S/C24H21ClN2O/c1-17(18-12-14-21(25)15-13-18)26-27-23(28)22-16-24(22,19-8-4-2-5-9-19)20-10-6-3-7-11-20/h2-15,22H,16H2,1H3,(H,27,28)/b26-17+. The topological polar surface area (TPSA) is 41.5 Å². The van der Waals surface area contributed by atoms with Crippen LogP contribution in [0.5, 0.6) is 0 Å². The van der Waals surface area contributed by atoms with Gasteiger partial charge in [-0.2, -0.15) is 5.10 Å². The first-order valence-corrected chi connectivity index (χ1v) is 9.70. The number of halogens is 1. The first-order chi connectivity index (χ1) is 13.6. The number of hydrogen-bond donors (Lipinski definition) is 1. The Morgan fingerprint density at radius 1 is 0.929 bits per heavy atom. The average Bonchev–Trinajstić information content (AvgIpc) is 3.51. The molecule has 3 aromatic carbocycles. The molecule has 0 saturated heterocycles. The molecule has 28 heavy (non-hydrogen) atoms. The van der Waals surface area contributed by atoms with Crippen LogP contribution in [0.4, 0.5) is 0 Å². The van der Waals surface area contributed by atoms with Gasteiger partial charge >= 0.3 is 0 Å². The van der Waals surface area contributed by atoms with Crippen molar-refractivity contribution in [1.29, 1.82) is 0 Å².